The largest absolute Gasteiger partial charge is 0.756 e. The molecule has 0 spiro atoms. The molecule has 1 saturated heterocycles. The van der Waals surface area contributed by atoms with Crippen molar-refractivity contribution in [3.8, 4) is 0 Å². The molecule has 0 aliphatic carbocycles. The summed E-state index contributed by atoms with van der Waals surface area (Å²) in [5.41, 5.74) is 0. The van der Waals surface area contributed by atoms with E-state index >= 15 is 0 Å². The lowest BCUT2D eigenvalue weighted by Crippen LogP contribution is -2.37. The zero-order valence-corrected chi connectivity index (χ0v) is 37.1. The zero-order valence-electron chi connectivity index (χ0n) is 36.2. The van der Waals surface area contributed by atoms with Gasteiger partial charge in [-0.15, -0.1) is 0 Å². The smallest absolute Gasteiger partial charge is 0.306 e. The van der Waals surface area contributed by atoms with Crippen LogP contribution in [0, 0.1) is 0 Å². The normalized spacial score (nSPS) is 17.9. The van der Waals surface area contributed by atoms with Crippen molar-refractivity contribution >= 4 is 19.8 Å². The van der Waals surface area contributed by atoms with Gasteiger partial charge in [0, 0.05) is 12.8 Å². The van der Waals surface area contributed by atoms with Crippen LogP contribution in [0.1, 0.15) is 142 Å². The number of esters is 2. The first-order valence-electron chi connectivity index (χ1n) is 21.8. The number of quaternary nitrogens is 1. The van der Waals surface area contributed by atoms with Crippen molar-refractivity contribution in [2.24, 2.45) is 0 Å². The summed E-state index contributed by atoms with van der Waals surface area (Å²) in [6.45, 7) is 3.96. The third kappa shape index (κ3) is 35.1. The molecule has 1 fully saturated rings. The van der Waals surface area contributed by atoms with E-state index in [1.165, 1.54) is 19.3 Å². The van der Waals surface area contributed by atoms with E-state index in [1.54, 1.807) is 0 Å². The van der Waals surface area contributed by atoms with Gasteiger partial charge in [0.05, 0.1) is 40.0 Å². The van der Waals surface area contributed by atoms with Crippen LogP contribution in [0.5, 0.6) is 0 Å². The van der Waals surface area contributed by atoms with Crippen LogP contribution < -0.4 is 4.89 Å². The molecule has 10 nitrogen and oxygen atoms in total. The van der Waals surface area contributed by atoms with Gasteiger partial charge in [0.1, 0.15) is 19.8 Å². The second-order valence-electron chi connectivity index (χ2n) is 15.7. The van der Waals surface area contributed by atoms with Gasteiger partial charge in [0.15, 0.2) is 6.10 Å². The van der Waals surface area contributed by atoms with Crippen LogP contribution in [0.15, 0.2) is 72.9 Å². The fourth-order valence-corrected chi connectivity index (χ4v) is 6.31. The summed E-state index contributed by atoms with van der Waals surface area (Å²) in [6.07, 6.45) is 43.9. The summed E-state index contributed by atoms with van der Waals surface area (Å²) in [7, 11) is 1.10. The van der Waals surface area contributed by atoms with Crippen LogP contribution in [0.2, 0.25) is 0 Å². The summed E-state index contributed by atoms with van der Waals surface area (Å²) in [4.78, 5) is 37.5. The van der Waals surface area contributed by atoms with Crippen molar-refractivity contribution < 1.29 is 46.8 Å². The van der Waals surface area contributed by atoms with Gasteiger partial charge < -0.3 is 32.6 Å². The maximum absolute atomic E-state index is 12.7. The van der Waals surface area contributed by atoms with Crippen LogP contribution in [0.4, 0.5) is 0 Å². The van der Waals surface area contributed by atoms with Crippen molar-refractivity contribution in [2.45, 2.75) is 161 Å². The van der Waals surface area contributed by atoms with Crippen LogP contribution >= 0.6 is 7.82 Å². The number of hydrogen-bond donors (Lipinski definition) is 0. The highest BCUT2D eigenvalue weighted by atomic mass is 31.2. The average Bonchev–Trinajstić information content (AvgIpc) is 3.92. The second kappa shape index (κ2) is 34.3. The molecule has 326 valence electrons. The summed E-state index contributed by atoms with van der Waals surface area (Å²) in [5.74, 6) is -0.934. The SMILES string of the molecule is CC/C=C\C/C=C\C/C=C\CCCCCCCC(=O)O[C@H](COC(=O)CCC/C=C\C/C=C\CC1OC1C/C=C\CCCCC)COP(=O)([O-])OCC[N+](C)(C)C. The lowest BCUT2D eigenvalue weighted by atomic mass is 10.1. The highest BCUT2D eigenvalue weighted by Gasteiger charge is 2.36. The number of unbranched alkanes of at least 4 members (excludes halogenated alkanes) is 9. The second-order valence-corrected chi connectivity index (χ2v) is 17.1. The summed E-state index contributed by atoms with van der Waals surface area (Å²) >= 11 is 0. The Labute approximate surface area is 346 Å². The van der Waals surface area contributed by atoms with Crippen molar-refractivity contribution in [1.82, 2.24) is 0 Å². The first kappa shape index (κ1) is 52.4. The molecule has 1 aliphatic heterocycles. The maximum Gasteiger partial charge on any atom is 0.306 e. The Kier molecular flexibility index (Phi) is 31.5. The van der Waals surface area contributed by atoms with Gasteiger partial charge >= 0.3 is 11.9 Å². The molecule has 0 bridgehead atoms. The molecule has 0 aromatic carbocycles. The fourth-order valence-electron chi connectivity index (χ4n) is 5.58. The summed E-state index contributed by atoms with van der Waals surface area (Å²) in [5, 5.41) is 0. The third-order valence-corrected chi connectivity index (χ3v) is 10.1. The van der Waals surface area contributed by atoms with E-state index in [0.29, 0.717) is 36.1 Å². The van der Waals surface area contributed by atoms with Crippen molar-refractivity contribution in [3.05, 3.63) is 72.9 Å². The van der Waals surface area contributed by atoms with Crippen LogP contribution in [-0.4, -0.2) is 82.2 Å². The van der Waals surface area contributed by atoms with Crippen molar-refractivity contribution in [3.63, 3.8) is 0 Å². The van der Waals surface area contributed by atoms with Gasteiger partial charge in [-0.05, 0) is 83.5 Å². The number of carbonyl (C=O) groups excluding carboxylic acids is 2. The quantitative estimate of drug-likeness (QED) is 0.0150. The van der Waals surface area contributed by atoms with E-state index in [0.717, 1.165) is 83.5 Å². The molecule has 0 aromatic heterocycles. The Hall–Kier alpha value is -2.59. The number of nitrogens with zero attached hydrogens (tertiary/aromatic N) is 1. The zero-order chi connectivity index (χ0) is 41.9. The number of epoxide rings is 1. The molecule has 11 heteroatoms. The number of phosphoric ester groups is 1. The number of ether oxygens (including phenoxy) is 3. The molecular formula is C46H78NO9P. The summed E-state index contributed by atoms with van der Waals surface area (Å²) in [6, 6.07) is 0. The van der Waals surface area contributed by atoms with Gasteiger partial charge in [-0.1, -0.05) is 119 Å². The number of hydrogen-bond acceptors (Lipinski definition) is 9. The molecule has 0 radical (unpaired) electrons. The predicted octanol–water partition coefficient (Wildman–Crippen LogP) is 10.6. The number of carbonyl (C=O) groups is 2. The van der Waals surface area contributed by atoms with Gasteiger partial charge in [0.2, 0.25) is 0 Å². The number of phosphoric acid groups is 1. The molecule has 0 aromatic rings. The Bertz CT molecular complexity index is 1270. The molecule has 4 atom stereocenters. The van der Waals surface area contributed by atoms with Crippen molar-refractivity contribution in [1.29, 1.82) is 0 Å². The number of likely N-dealkylation sites (N-methyl/N-ethyl adjacent to an activating group) is 1. The van der Waals surface area contributed by atoms with E-state index in [4.69, 9.17) is 23.3 Å². The fraction of sp³-hybridized carbons (Fsp3) is 0.696. The molecule has 1 rings (SSSR count). The molecule has 1 aliphatic rings. The molecule has 0 saturated carbocycles. The number of allylic oxidation sites excluding steroid dienone is 10. The van der Waals surface area contributed by atoms with Crippen molar-refractivity contribution in [2.75, 3.05) is 47.5 Å². The molecule has 3 unspecified atom stereocenters. The average molecular weight is 820 g/mol. The first-order chi connectivity index (χ1) is 27.5. The van der Waals surface area contributed by atoms with Gasteiger partial charge in [-0.25, -0.2) is 0 Å². The molecule has 1 heterocycles. The minimum atomic E-state index is -4.65. The van der Waals surface area contributed by atoms with Crippen LogP contribution in [0.25, 0.3) is 0 Å². The molecular weight excluding hydrogens is 741 g/mol. The van der Waals surface area contributed by atoms with E-state index in [1.807, 2.05) is 27.2 Å². The predicted molar refractivity (Wildman–Crippen MR) is 230 cm³/mol. The lowest BCUT2D eigenvalue weighted by Gasteiger charge is -2.28. The standard InChI is InChI=1S/C46H78NO9P/c1-6-8-10-12-14-15-16-17-18-19-20-21-24-29-33-37-46(49)55-42(41-54-57(50,51)53-39-38-47(3,4)5)40-52-45(48)36-32-28-25-22-23-27-31-35-44-43(56-44)34-30-26-13-11-9-7-2/h8,10,14-15,17-18,22,25-27,30-31,42-44H,6-7,9,11-13,16,19-21,23-24,28-29,32-41H2,1-5H3/b10-8-,15-14-,18-17-,25-22-,30-26-,31-27-/t42-,43?,44?/m1/s1. The van der Waals surface area contributed by atoms with Crippen LogP contribution in [-0.2, 0) is 37.4 Å². The third-order valence-electron chi connectivity index (χ3n) is 9.11. The van der Waals surface area contributed by atoms with Crippen LogP contribution in [0.3, 0.4) is 0 Å². The lowest BCUT2D eigenvalue weighted by molar-refractivity contribution is -0.870. The van der Waals surface area contributed by atoms with E-state index in [2.05, 4.69) is 80.7 Å². The minimum Gasteiger partial charge on any atom is -0.756 e. The highest BCUT2D eigenvalue weighted by Crippen LogP contribution is 2.38. The van der Waals surface area contributed by atoms with E-state index < -0.39 is 32.5 Å². The molecule has 0 amide bonds. The van der Waals surface area contributed by atoms with Gasteiger partial charge in [-0.2, -0.15) is 0 Å². The van der Waals surface area contributed by atoms with E-state index in [-0.39, 0.29) is 26.1 Å². The Balaban J connectivity index is 2.34. The Morgan fingerprint density at radius 3 is 1.82 bits per heavy atom. The Morgan fingerprint density at radius 1 is 0.649 bits per heavy atom. The monoisotopic (exact) mass is 820 g/mol. The van der Waals surface area contributed by atoms with Gasteiger partial charge in [0.25, 0.3) is 7.82 Å². The highest BCUT2D eigenvalue weighted by molar-refractivity contribution is 7.45. The molecule has 57 heavy (non-hydrogen) atoms. The molecule has 0 N–H and O–H groups in total. The topological polar surface area (TPSA) is 124 Å². The number of rotatable bonds is 37. The maximum atomic E-state index is 12.7. The first-order valence-corrected chi connectivity index (χ1v) is 23.2. The minimum absolute atomic E-state index is 0.0491. The Morgan fingerprint density at radius 2 is 1.18 bits per heavy atom. The van der Waals surface area contributed by atoms with Gasteiger partial charge in [-0.3, -0.25) is 14.2 Å². The van der Waals surface area contributed by atoms with E-state index in [9.17, 15) is 19.0 Å². The summed E-state index contributed by atoms with van der Waals surface area (Å²) < 4.78 is 39.6.